The third-order valence-electron chi connectivity index (χ3n) is 3.89. The molecule has 1 N–H and O–H groups in total. The zero-order valence-electron chi connectivity index (χ0n) is 10.4. The highest BCUT2D eigenvalue weighted by molar-refractivity contribution is 5.68. The number of carboxylic acids is 1. The summed E-state index contributed by atoms with van der Waals surface area (Å²) in [4.78, 5) is 11.0. The molecule has 1 saturated carbocycles. The van der Waals surface area contributed by atoms with Gasteiger partial charge >= 0.3 is 5.97 Å². The van der Waals surface area contributed by atoms with E-state index < -0.39 is 5.97 Å². The summed E-state index contributed by atoms with van der Waals surface area (Å²) in [6.45, 7) is 0. The number of rotatable bonds is 4. The first kappa shape index (κ1) is 13.1. The summed E-state index contributed by atoms with van der Waals surface area (Å²) in [7, 11) is 0. The summed E-state index contributed by atoms with van der Waals surface area (Å²) in [5.74, 6) is -0.733. The fourth-order valence-corrected chi connectivity index (χ4v) is 3.02. The Labute approximate surface area is 107 Å². The molecule has 1 atom stereocenters. The minimum atomic E-state index is -0.796. The first-order chi connectivity index (χ1) is 8.66. The summed E-state index contributed by atoms with van der Waals surface area (Å²) in [5.41, 5.74) is 0.837. The molecule has 0 bridgehead atoms. The van der Waals surface area contributed by atoms with Crippen molar-refractivity contribution in [1.82, 2.24) is 0 Å². The van der Waals surface area contributed by atoms with Crippen LogP contribution >= 0.6 is 0 Å². The molecule has 1 aliphatic carbocycles. The highest BCUT2D eigenvalue weighted by atomic mass is 19.1. The number of carboxylic acid groups (broad SMARTS) is 1. The summed E-state index contributed by atoms with van der Waals surface area (Å²) < 4.78 is 13.3. The van der Waals surface area contributed by atoms with Gasteiger partial charge in [0.05, 0.1) is 6.42 Å². The second kappa shape index (κ2) is 5.98. The van der Waals surface area contributed by atoms with Crippen molar-refractivity contribution in [3.05, 3.63) is 35.6 Å². The average molecular weight is 250 g/mol. The van der Waals surface area contributed by atoms with Crippen molar-refractivity contribution in [3.63, 3.8) is 0 Å². The van der Waals surface area contributed by atoms with Crippen molar-refractivity contribution in [2.45, 2.75) is 44.4 Å². The maximum atomic E-state index is 13.3. The van der Waals surface area contributed by atoms with Crippen LogP contribution in [0.15, 0.2) is 24.3 Å². The van der Waals surface area contributed by atoms with Crippen LogP contribution in [0.2, 0.25) is 0 Å². The molecule has 0 aliphatic heterocycles. The zero-order chi connectivity index (χ0) is 13.0. The van der Waals surface area contributed by atoms with E-state index in [1.807, 2.05) is 6.07 Å². The molecule has 2 nitrogen and oxygen atoms in total. The third kappa shape index (κ3) is 3.31. The van der Waals surface area contributed by atoms with Gasteiger partial charge in [-0.3, -0.25) is 4.79 Å². The maximum absolute atomic E-state index is 13.3. The van der Waals surface area contributed by atoms with Crippen molar-refractivity contribution in [1.29, 1.82) is 0 Å². The summed E-state index contributed by atoms with van der Waals surface area (Å²) in [6.07, 6.45) is 5.79. The van der Waals surface area contributed by atoms with Crippen LogP contribution in [-0.2, 0) is 4.79 Å². The molecular weight excluding hydrogens is 231 g/mol. The van der Waals surface area contributed by atoms with Crippen LogP contribution in [0.25, 0.3) is 0 Å². The SMILES string of the molecule is O=C(O)CC(c1cccc(F)c1)C1CCCCC1. The minimum absolute atomic E-state index is 0.0431. The van der Waals surface area contributed by atoms with Gasteiger partial charge in [0.25, 0.3) is 0 Å². The van der Waals surface area contributed by atoms with E-state index in [0.29, 0.717) is 5.92 Å². The van der Waals surface area contributed by atoms with Crippen LogP contribution in [0.5, 0.6) is 0 Å². The molecule has 0 heterocycles. The predicted octanol–water partition coefficient (Wildman–Crippen LogP) is 3.96. The van der Waals surface area contributed by atoms with E-state index in [2.05, 4.69) is 0 Å². The van der Waals surface area contributed by atoms with Crippen LogP contribution in [0, 0.1) is 11.7 Å². The summed E-state index contributed by atoms with van der Waals surface area (Å²) >= 11 is 0. The molecule has 1 fully saturated rings. The zero-order valence-corrected chi connectivity index (χ0v) is 10.4. The van der Waals surface area contributed by atoms with E-state index in [4.69, 9.17) is 5.11 Å². The van der Waals surface area contributed by atoms with E-state index in [1.165, 1.54) is 18.6 Å². The van der Waals surface area contributed by atoms with Gasteiger partial charge in [0.2, 0.25) is 0 Å². The quantitative estimate of drug-likeness (QED) is 0.878. The Balaban J connectivity index is 2.20. The van der Waals surface area contributed by atoms with Gasteiger partial charge in [-0.05, 0) is 42.4 Å². The van der Waals surface area contributed by atoms with Gasteiger partial charge in [-0.1, -0.05) is 31.4 Å². The Morgan fingerprint density at radius 2 is 2.06 bits per heavy atom. The van der Waals surface area contributed by atoms with E-state index in [-0.39, 0.29) is 18.2 Å². The molecule has 0 saturated heterocycles. The Morgan fingerprint density at radius 3 is 2.67 bits per heavy atom. The molecule has 1 unspecified atom stereocenters. The van der Waals surface area contributed by atoms with Crippen molar-refractivity contribution in [2.75, 3.05) is 0 Å². The van der Waals surface area contributed by atoms with Crippen molar-refractivity contribution >= 4 is 5.97 Å². The fraction of sp³-hybridized carbons (Fsp3) is 0.533. The third-order valence-corrected chi connectivity index (χ3v) is 3.89. The fourth-order valence-electron chi connectivity index (χ4n) is 3.02. The number of halogens is 1. The molecule has 0 radical (unpaired) electrons. The number of hydrogen-bond donors (Lipinski definition) is 1. The Bertz CT molecular complexity index is 411. The van der Waals surface area contributed by atoms with Crippen LogP contribution in [-0.4, -0.2) is 11.1 Å². The van der Waals surface area contributed by atoms with Crippen LogP contribution < -0.4 is 0 Å². The Morgan fingerprint density at radius 1 is 1.33 bits per heavy atom. The molecule has 0 aromatic heterocycles. The smallest absolute Gasteiger partial charge is 0.303 e. The van der Waals surface area contributed by atoms with Gasteiger partial charge in [0.15, 0.2) is 0 Å². The lowest BCUT2D eigenvalue weighted by molar-refractivity contribution is -0.137. The lowest BCUT2D eigenvalue weighted by atomic mass is 9.75. The molecule has 0 amide bonds. The van der Waals surface area contributed by atoms with Crippen LogP contribution in [0.3, 0.4) is 0 Å². The monoisotopic (exact) mass is 250 g/mol. The summed E-state index contributed by atoms with van der Waals surface area (Å²) in [6, 6.07) is 6.41. The molecule has 3 heteroatoms. The average Bonchev–Trinajstić information content (AvgIpc) is 2.37. The number of benzene rings is 1. The first-order valence-electron chi connectivity index (χ1n) is 6.64. The molecule has 98 valence electrons. The Hall–Kier alpha value is -1.38. The maximum Gasteiger partial charge on any atom is 0.303 e. The van der Waals surface area contributed by atoms with E-state index in [9.17, 15) is 9.18 Å². The van der Waals surface area contributed by atoms with Gasteiger partial charge in [-0.2, -0.15) is 0 Å². The number of hydrogen-bond acceptors (Lipinski definition) is 1. The molecule has 0 spiro atoms. The van der Waals surface area contributed by atoms with E-state index in [0.717, 1.165) is 31.2 Å². The topological polar surface area (TPSA) is 37.3 Å². The summed E-state index contributed by atoms with van der Waals surface area (Å²) in [5, 5.41) is 9.05. The van der Waals surface area contributed by atoms with E-state index >= 15 is 0 Å². The Kier molecular flexibility index (Phi) is 4.34. The van der Waals surface area contributed by atoms with Crippen molar-refractivity contribution in [2.24, 2.45) is 5.92 Å². The lowest BCUT2D eigenvalue weighted by Gasteiger charge is -2.29. The molecule has 1 aromatic rings. The second-order valence-electron chi connectivity index (χ2n) is 5.16. The highest BCUT2D eigenvalue weighted by Crippen LogP contribution is 2.38. The standard InChI is InChI=1S/C15H19FO2/c16-13-8-4-7-12(9-13)14(10-15(17)18)11-5-2-1-3-6-11/h4,7-9,11,14H,1-3,5-6,10H2,(H,17,18). The number of carbonyl (C=O) groups is 1. The predicted molar refractivity (Wildman–Crippen MR) is 68.0 cm³/mol. The van der Waals surface area contributed by atoms with Gasteiger partial charge in [0, 0.05) is 0 Å². The number of aliphatic carboxylic acids is 1. The second-order valence-corrected chi connectivity index (χ2v) is 5.16. The molecule has 1 aliphatic rings. The minimum Gasteiger partial charge on any atom is -0.481 e. The molecule has 1 aromatic carbocycles. The van der Waals surface area contributed by atoms with Gasteiger partial charge < -0.3 is 5.11 Å². The van der Waals surface area contributed by atoms with Crippen molar-refractivity contribution < 1.29 is 14.3 Å². The first-order valence-corrected chi connectivity index (χ1v) is 6.64. The van der Waals surface area contributed by atoms with Gasteiger partial charge in [0.1, 0.15) is 5.82 Å². The normalized spacial score (nSPS) is 18.5. The van der Waals surface area contributed by atoms with Crippen LogP contribution in [0.1, 0.15) is 50.0 Å². The molecular formula is C15H19FO2. The van der Waals surface area contributed by atoms with Gasteiger partial charge in [-0.15, -0.1) is 0 Å². The molecule has 2 rings (SSSR count). The largest absolute Gasteiger partial charge is 0.481 e. The lowest BCUT2D eigenvalue weighted by Crippen LogP contribution is -2.19. The van der Waals surface area contributed by atoms with Crippen molar-refractivity contribution in [3.8, 4) is 0 Å². The molecule has 18 heavy (non-hydrogen) atoms. The highest BCUT2D eigenvalue weighted by Gasteiger charge is 2.27. The van der Waals surface area contributed by atoms with Crippen LogP contribution in [0.4, 0.5) is 4.39 Å². The van der Waals surface area contributed by atoms with Gasteiger partial charge in [-0.25, -0.2) is 4.39 Å². The van der Waals surface area contributed by atoms with E-state index in [1.54, 1.807) is 6.07 Å².